The largest absolute Gasteiger partial charge is 0.352 e. The van der Waals surface area contributed by atoms with Gasteiger partial charge in [-0.1, -0.05) is 12.8 Å². The molecule has 0 radical (unpaired) electrons. The van der Waals surface area contributed by atoms with Crippen molar-refractivity contribution in [2.75, 3.05) is 13.1 Å². The molecular weight excluding hydrogens is 290 g/mol. The Morgan fingerprint density at radius 3 is 2.19 bits per heavy atom. The Bertz CT molecular complexity index is 502. The van der Waals surface area contributed by atoms with Crippen LogP contribution < -0.4 is 11.1 Å². The molecule has 3 rings (SSSR count). The van der Waals surface area contributed by atoms with Crippen LogP contribution in [0.25, 0.3) is 0 Å². The number of carbonyl (C=O) groups excluding carboxylic acids is 1. The third kappa shape index (κ3) is 3.10. The summed E-state index contributed by atoms with van der Waals surface area (Å²) in [7, 11) is -3.07. The number of hydrogen-bond acceptors (Lipinski definition) is 4. The average molecular weight is 315 g/mol. The molecule has 6 nitrogen and oxygen atoms in total. The van der Waals surface area contributed by atoms with E-state index in [2.05, 4.69) is 5.32 Å². The van der Waals surface area contributed by atoms with Gasteiger partial charge in [-0.25, -0.2) is 12.7 Å². The Kier molecular flexibility index (Phi) is 4.00. The fourth-order valence-corrected chi connectivity index (χ4v) is 5.27. The Balaban J connectivity index is 1.51. The molecule has 2 saturated carbocycles. The van der Waals surface area contributed by atoms with Crippen molar-refractivity contribution in [1.29, 1.82) is 0 Å². The Morgan fingerprint density at radius 2 is 1.67 bits per heavy atom. The van der Waals surface area contributed by atoms with Crippen molar-refractivity contribution in [3.8, 4) is 0 Å². The summed E-state index contributed by atoms with van der Waals surface area (Å²) in [4.78, 5) is 12.3. The second-order valence-corrected chi connectivity index (χ2v) is 8.97. The van der Waals surface area contributed by atoms with E-state index in [1.807, 2.05) is 0 Å². The third-order valence-electron chi connectivity index (χ3n) is 5.04. The van der Waals surface area contributed by atoms with Gasteiger partial charge in [0.15, 0.2) is 0 Å². The lowest BCUT2D eigenvalue weighted by atomic mass is 9.96. The van der Waals surface area contributed by atoms with E-state index >= 15 is 0 Å². The summed E-state index contributed by atoms with van der Waals surface area (Å²) in [5.41, 5.74) is 5.45. The number of piperidine rings is 1. The first kappa shape index (κ1) is 15.2. The fourth-order valence-electron chi connectivity index (χ4n) is 3.39. The maximum Gasteiger partial charge on any atom is 0.240 e. The predicted molar refractivity (Wildman–Crippen MR) is 80.1 cm³/mol. The lowest BCUT2D eigenvalue weighted by Crippen LogP contribution is -2.56. The first-order valence-electron chi connectivity index (χ1n) is 8.01. The zero-order valence-electron chi connectivity index (χ0n) is 12.4. The van der Waals surface area contributed by atoms with Gasteiger partial charge in [-0.05, 0) is 38.5 Å². The van der Waals surface area contributed by atoms with Crippen LogP contribution in [0, 0.1) is 0 Å². The summed E-state index contributed by atoms with van der Waals surface area (Å²) in [5.74, 6) is -0.0523. The highest BCUT2D eigenvalue weighted by molar-refractivity contribution is 7.90. The quantitative estimate of drug-likeness (QED) is 0.782. The van der Waals surface area contributed by atoms with Crippen molar-refractivity contribution in [2.24, 2.45) is 5.73 Å². The lowest BCUT2D eigenvalue weighted by Gasteiger charge is -2.33. The van der Waals surface area contributed by atoms with Gasteiger partial charge in [0.1, 0.15) is 0 Å². The van der Waals surface area contributed by atoms with Crippen LogP contribution in [-0.2, 0) is 14.8 Å². The highest BCUT2D eigenvalue weighted by Gasteiger charge is 2.42. The Hall–Kier alpha value is -0.660. The predicted octanol–water partition coefficient (Wildman–Crippen LogP) is 0.331. The van der Waals surface area contributed by atoms with Gasteiger partial charge in [-0.2, -0.15) is 0 Å². The molecule has 0 bridgehead atoms. The SMILES string of the molecule is NC1(C(=O)NC2CCN(S(=O)(=O)C3CC3)CC2)CCCC1. The van der Waals surface area contributed by atoms with Crippen LogP contribution in [0.15, 0.2) is 0 Å². The summed E-state index contributed by atoms with van der Waals surface area (Å²) in [6.07, 6.45) is 6.52. The van der Waals surface area contributed by atoms with Crippen LogP contribution in [0.2, 0.25) is 0 Å². The van der Waals surface area contributed by atoms with Gasteiger partial charge in [-0.3, -0.25) is 4.79 Å². The van der Waals surface area contributed by atoms with Crippen LogP contribution in [-0.4, -0.2) is 48.6 Å². The Labute approximate surface area is 126 Å². The van der Waals surface area contributed by atoms with Crippen molar-refractivity contribution in [2.45, 2.75) is 68.2 Å². The molecule has 1 heterocycles. The van der Waals surface area contributed by atoms with E-state index in [1.54, 1.807) is 4.31 Å². The lowest BCUT2D eigenvalue weighted by molar-refractivity contribution is -0.127. The Morgan fingerprint density at radius 1 is 1.10 bits per heavy atom. The summed E-state index contributed by atoms with van der Waals surface area (Å²) < 4.78 is 25.9. The molecule has 3 aliphatic rings. The van der Waals surface area contributed by atoms with E-state index in [9.17, 15) is 13.2 Å². The molecule has 3 fully saturated rings. The van der Waals surface area contributed by atoms with E-state index in [0.717, 1.165) is 38.5 Å². The fraction of sp³-hybridized carbons (Fsp3) is 0.929. The number of amides is 1. The normalized spacial score (nSPS) is 27.7. The van der Waals surface area contributed by atoms with E-state index in [0.29, 0.717) is 25.9 Å². The number of carbonyl (C=O) groups is 1. The summed E-state index contributed by atoms with van der Waals surface area (Å²) in [6.45, 7) is 1.03. The minimum Gasteiger partial charge on any atom is -0.352 e. The van der Waals surface area contributed by atoms with Crippen LogP contribution >= 0.6 is 0 Å². The third-order valence-corrected chi connectivity index (χ3v) is 7.44. The van der Waals surface area contributed by atoms with Gasteiger partial charge in [-0.15, -0.1) is 0 Å². The topological polar surface area (TPSA) is 92.5 Å². The molecule has 1 saturated heterocycles. The standard InChI is InChI=1S/C14H25N3O3S/c15-14(7-1-2-8-14)13(18)16-11-5-9-17(10-6-11)21(19,20)12-3-4-12/h11-12H,1-10,15H2,(H,16,18). The van der Waals surface area contributed by atoms with Crippen LogP contribution in [0.4, 0.5) is 0 Å². The molecule has 0 atom stereocenters. The average Bonchev–Trinajstić information content (AvgIpc) is 3.23. The molecule has 1 amide bonds. The van der Waals surface area contributed by atoms with E-state index in [-0.39, 0.29) is 17.2 Å². The van der Waals surface area contributed by atoms with Gasteiger partial charge < -0.3 is 11.1 Å². The second kappa shape index (κ2) is 5.52. The van der Waals surface area contributed by atoms with Crippen molar-refractivity contribution < 1.29 is 13.2 Å². The van der Waals surface area contributed by atoms with Gasteiger partial charge in [0.05, 0.1) is 10.8 Å². The summed E-state index contributed by atoms with van der Waals surface area (Å²) >= 11 is 0. The smallest absolute Gasteiger partial charge is 0.240 e. The molecule has 2 aliphatic carbocycles. The van der Waals surface area contributed by atoms with Crippen molar-refractivity contribution in [1.82, 2.24) is 9.62 Å². The zero-order chi connectivity index (χ0) is 15.1. The maximum absolute atomic E-state index is 12.3. The molecule has 3 N–H and O–H groups in total. The summed E-state index contributed by atoms with van der Waals surface area (Å²) in [6, 6.07) is 0.0594. The number of hydrogen-bond donors (Lipinski definition) is 2. The minimum absolute atomic E-state index is 0.0523. The molecule has 0 spiro atoms. The van der Waals surface area contributed by atoms with E-state index in [1.165, 1.54) is 0 Å². The molecule has 7 heteroatoms. The summed E-state index contributed by atoms with van der Waals surface area (Å²) in [5, 5.41) is 2.89. The van der Waals surface area contributed by atoms with Gasteiger partial charge >= 0.3 is 0 Å². The van der Waals surface area contributed by atoms with E-state index < -0.39 is 15.6 Å². The molecular formula is C14H25N3O3S. The first-order chi connectivity index (χ1) is 9.92. The van der Waals surface area contributed by atoms with Crippen molar-refractivity contribution in [3.63, 3.8) is 0 Å². The van der Waals surface area contributed by atoms with Gasteiger partial charge in [0.25, 0.3) is 0 Å². The van der Waals surface area contributed by atoms with E-state index in [4.69, 9.17) is 5.73 Å². The maximum atomic E-state index is 12.3. The molecule has 21 heavy (non-hydrogen) atoms. The molecule has 0 unspecified atom stereocenters. The zero-order valence-corrected chi connectivity index (χ0v) is 13.2. The van der Waals surface area contributed by atoms with Crippen LogP contribution in [0.3, 0.4) is 0 Å². The number of nitrogens with two attached hydrogens (primary N) is 1. The van der Waals surface area contributed by atoms with Crippen LogP contribution in [0.1, 0.15) is 51.4 Å². The minimum atomic E-state index is -3.07. The highest BCUT2D eigenvalue weighted by Crippen LogP contribution is 2.32. The van der Waals surface area contributed by atoms with Crippen LogP contribution in [0.5, 0.6) is 0 Å². The van der Waals surface area contributed by atoms with Gasteiger partial charge in [0.2, 0.25) is 15.9 Å². The van der Waals surface area contributed by atoms with Crippen molar-refractivity contribution >= 4 is 15.9 Å². The molecule has 0 aromatic carbocycles. The second-order valence-electron chi connectivity index (χ2n) is 6.75. The number of sulfonamides is 1. The molecule has 1 aliphatic heterocycles. The molecule has 0 aromatic heterocycles. The first-order valence-corrected chi connectivity index (χ1v) is 9.51. The highest BCUT2D eigenvalue weighted by atomic mass is 32.2. The van der Waals surface area contributed by atoms with Crippen molar-refractivity contribution in [3.05, 3.63) is 0 Å². The van der Waals surface area contributed by atoms with Gasteiger partial charge in [0, 0.05) is 19.1 Å². The molecule has 120 valence electrons. The molecule has 0 aromatic rings. The number of nitrogens with zero attached hydrogens (tertiary/aromatic N) is 1. The number of nitrogens with one attached hydrogen (secondary N) is 1. The monoisotopic (exact) mass is 315 g/mol. The number of rotatable bonds is 4.